The fourth-order valence-electron chi connectivity index (χ4n) is 7.66. The highest BCUT2D eigenvalue weighted by Crippen LogP contribution is 2.67. The molecule has 59 heavy (non-hydrogen) atoms. The van der Waals surface area contributed by atoms with Crippen molar-refractivity contribution in [3.8, 4) is 29.9 Å². The Morgan fingerprint density at radius 3 is 1.88 bits per heavy atom. The van der Waals surface area contributed by atoms with Gasteiger partial charge in [-0.25, -0.2) is 4.79 Å². The van der Waals surface area contributed by atoms with Gasteiger partial charge in [0.05, 0.1) is 45.9 Å². The Kier molecular flexibility index (Phi) is 10.1. The van der Waals surface area contributed by atoms with Crippen LogP contribution >= 0.6 is 0 Å². The smallest absolute Gasteiger partial charge is 0.335 e. The first-order chi connectivity index (χ1) is 28.1. The second-order valence-electron chi connectivity index (χ2n) is 15.4. The summed E-state index contributed by atoms with van der Waals surface area (Å²) in [5, 5.41) is 43.2. The average molecular weight is 795 g/mol. The predicted octanol–water partition coefficient (Wildman–Crippen LogP) is 5.05. The number of carbonyl (C=O) groups excluding carboxylic acids is 5. The number of hydrogen-bond acceptors (Lipinski definition) is 9. The first-order valence-electron chi connectivity index (χ1n) is 18.6. The van der Waals surface area contributed by atoms with E-state index in [9.17, 15) is 33.9 Å². The van der Waals surface area contributed by atoms with E-state index in [4.69, 9.17) is 21.5 Å². The maximum absolute atomic E-state index is 13.6. The lowest BCUT2D eigenvalue weighted by Crippen LogP contribution is -2.79. The van der Waals surface area contributed by atoms with Crippen molar-refractivity contribution in [1.29, 1.82) is 5.26 Å². The maximum Gasteiger partial charge on any atom is 0.335 e. The highest BCUT2D eigenvalue weighted by Gasteiger charge is 2.74. The van der Waals surface area contributed by atoms with E-state index in [1.54, 1.807) is 38.1 Å². The molecule has 15 nitrogen and oxygen atoms in total. The lowest BCUT2D eigenvalue weighted by molar-refractivity contribution is -0.179. The molecule has 4 aromatic rings. The molecule has 4 fully saturated rings. The van der Waals surface area contributed by atoms with Crippen LogP contribution in [-0.4, -0.2) is 62.9 Å². The van der Waals surface area contributed by atoms with Crippen molar-refractivity contribution in [2.45, 2.75) is 56.7 Å². The van der Waals surface area contributed by atoms with Gasteiger partial charge in [-0.05, 0) is 124 Å². The van der Waals surface area contributed by atoms with Crippen LogP contribution in [0.25, 0.3) is 0 Å². The first-order valence-corrected chi connectivity index (χ1v) is 18.6. The zero-order valence-corrected chi connectivity index (χ0v) is 31.8. The third-order valence-electron chi connectivity index (χ3n) is 10.8. The summed E-state index contributed by atoms with van der Waals surface area (Å²) in [6.45, 7) is 3.40. The van der Waals surface area contributed by atoms with Gasteiger partial charge in [-0.1, -0.05) is 0 Å². The SMILES string of the molecule is C#C[C@H]1C[C@@]1(NC(=O)C12CC(NC(=O)c3ccc(C#N)cc3)(C1)C2)C(=O)Nc1ccc(C(=O)Nc2ccc(C(=O)Nc3ccc(C(=O)O)cc3)c(O)c2OC(C)C)cc1. The number of amides is 5. The quantitative estimate of drug-likeness (QED) is 0.0889. The number of carboxylic acid groups (broad SMARTS) is 1. The van der Waals surface area contributed by atoms with Gasteiger partial charge in [-0.15, -0.1) is 12.3 Å². The van der Waals surface area contributed by atoms with Crippen LogP contribution in [0.3, 0.4) is 0 Å². The van der Waals surface area contributed by atoms with Crippen LogP contribution in [0.15, 0.2) is 84.9 Å². The van der Waals surface area contributed by atoms with E-state index in [2.05, 4.69) is 32.5 Å². The molecule has 8 rings (SSSR count). The number of carbonyl (C=O) groups is 6. The minimum atomic E-state index is -1.32. The lowest BCUT2D eigenvalue weighted by Gasteiger charge is -2.69. The normalized spacial score (nSPS) is 21.8. The number of hydrogen-bond donors (Lipinski definition) is 7. The fourth-order valence-corrected chi connectivity index (χ4v) is 7.66. The van der Waals surface area contributed by atoms with E-state index >= 15 is 0 Å². The summed E-state index contributed by atoms with van der Waals surface area (Å²) in [6.07, 6.45) is 6.76. The molecule has 0 radical (unpaired) electrons. The minimum absolute atomic E-state index is 0.0339. The molecular formula is C44H38N6O9. The summed E-state index contributed by atoms with van der Waals surface area (Å²) < 4.78 is 5.79. The van der Waals surface area contributed by atoms with E-state index in [0.29, 0.717) is 41.8 Å². The Labute approximate surface area is 338 Å². The zero-order valence-electron chi connectivity index (χ0n) is 31.8. The Balaban J connectivity index is 0.961. The van der Waals surface area contributed by atoms with Crippen molar-refractivity contribution in [2.24, 2.45) is 11.3 Å². The van der Waals surface area contributed by atoms with Crippen molar-refractivity contribution >= 4 is 52.6 Å². The number of nitrogens with zero attached hydrogens (tertiary/aromatic N) is 1. The molecule has 0 saturated heterocycles. The zero-order chi connectivity index (χ0) is 42.3. The van der Waals surface area contributed by atoms with Crippen LogP contribution in [0, 0.1) is 35.0 Å². The monoisotopic (exact) mass is 794 g/mol. The van der Waals surface area contributed by atoms with Crippen molar-refractivity contribution < 1.29 is 43.7 Å². The first kappa shape index (κ1) is 39.6. The van der Waals surface area contributed by atoms with E-state index in [0.717, 1.165) is 0 Å². The Bertz CT molecular complexity index is 2480. The van der Waals surface area contributed by atoms with Crippen LogP contribution in [0.4, 0.5) is 17.1 Å². The molecule has 5 amide bonds. The van der Waals surface area contributed by atoms with Gasteiger partial charge in [-0.2, -0.15) is 5.26 Å². The number of anilines is 3. The summed E-state index contributed by atoms with van der Waals surface area (Å²) in [5.41, 5.74) is -0.920. The molecule has 15 heteroatoms. The van der Waals surface area contributed by atoms with Crippen molar-refractivity contribution in [3.05, 3.63) is 113 Å². The highest BCUT2D eigenvalue weighted by atomic mass is 16.5. The second-order valence-corrected chi connectivity index (χ2v) is 15.4. The van der Waals surface area contributed by atoms with Gasteiger partial charge < -0.3 is 41.5 Å². The number of nitrogens with one attached hydrogen (secondary N) is 5. The molecule has 4 aromatic carbocycles. The van der Waals surface area contributed by atoms with Crippen LogP contribution in [-0.2, 0) is 9.59 Å². The highest BCUT2D eigenvalue weighted by molar-refractivity contribution is 6.10. The number of phenolic OH excluding ortho intramolecular Hbond substituents is 1. The molecule has 4 aliphatic carbocycles. The molecule has 7 N–H and O–H groups in total. The number of aromatic hydroxyl groups is 1. The molecule has 0 aromatic heterocycles. The molecule has 4 saturated carbocycles. The molecule has 298 valence electrons. The van der Waals surface area contributed by atoms with E-state index in [1.165, 1.54) is 60.7 Å². The maximum atomic E-state index is 13.6. The largest absolute Gasteiger partial charge is 0.504 e. The van der Waals surface area contributed by atoms with Crippen LogP contribution in [0.2, 0.25) is 0 Å². The number of ether oxygens (including phenoxy) is 1. The van der Waals surface area contributed by atoms with E-state index < -0.39 is 58.0 Å². The van der Waals surface area contributed by atoms with Crippen molar-refractivity contribution in [1.82, 2.24) is 10.6 Å². The van der Waals surface area contributed by atoms with Gasteiger partial charge in [0.1, 0.15) is 5.54 Å². The summed E-state index contributed by atoms with van der Waals surface area (Å²) >= 11 is 0. The molecule has 4 aliphatic rings. The topological polar surface area (TPSA) is 236 Å². The number of terminal acetylenes is 1. The minimum Gasteiger partial charge on any atom is -0.504 e. The average Bonchev–Trinajstić information content (AvgIpc) is 3.91. The van der Waals surface area contributed by atoms with Crippen LogP contribution in [0.1, 0.15) is 86.5 Å². The number of rotatable bonds is 13. The molecule has 2 bridgehead atoms. The standard InChI is InChI=1S/C44H38N6O9/c1-4-29-19-44(29,50-40(57)42-21-43(22-42,23-42)49-37(53)27-7-5-25(20-45)6-8-27)41(58)47-31-13-9-26(10-14-31)36(52)48-33-18-17-32(34(51)35(33)59-24(2)3)38(54)46-30-15-11-28(12-16-30)39(55)56/h1,5-18,24,29,51H,19,21-23H2,2-3H3,(H,46,54)(H,47,58)(H,48,52)(H,49,53)(H,50,57)(H,55,56)/t29-,42?,43?,44-/m0/s1. The number of aromatic carboxylic acids is 1. The third kappa shape index (κ3) is 7.61. The lowest BCUT2D eigenvalue weighted by atomic mass is 9.39. The van der Waals surface area contributed by atoms with Gasteiger partial charge in [0.25, 0.3) is 23.6 Å². The number of phenols is 1. The second kappa shape index (κ2) is 15.0. The number of benzene rings is 4. The molecule has 2 atom stereocenters. The fraction of sp³-hybridized carbons (Fsp3) is 0.250. The van der Waals surface area contributed by atoms with Crippen molar-refractivity contribution in [2.75, 3.05) is 16.0 Å². The molecule has 0 aliphatic heterocycles. The predicted molar refractivity (Wildman–Crippen MR) is 214 cm³/mol. The summed E-state index contributed by atoms with van der Waals surface area (Å²) in [7, 11) is 0. The Morgan fingerprint density at radius 2 is 1.32 bits per heavy atom. The Hall–Kier alpha value is -7.65. The molecular weight excluding hydrogens is 757 g/mol. The van der Waals surface area contributed by atoms with Crippen LogP contribution < -0.4 is 31.3 Å². The summed E-state index contributed by atoms with van der Waals surface area (Å²) in [4.78, 5) is 77.5. The van der Waals surface area contributed by atoms with E-state index in [1.807, 2.05) is 6.07 Å². The molecule has 0 heterocycles. The molecule has 0 unspecified atom stereocenters. The molecule has 0 spiro atoms. The number of nitriles is 1. The van der Waals surface area contributed by atoms with Gasteiger partial charge >= 0.3 is 5.97 Å². The van der Waals surface area contributed by atoms with Gasteiger partial charge in [0, 0.05) is 28.0 Å². The van der Waals surface area contributed by atoms with Crippen molar-refractivity contribution in [3.63, 3.8) is 0 Å². The van der Waals surface area contributed by atoms with Gasteiger partial charge in [0.2, 0.25) is 5.91 Å². The summed E-state index contributed by atoms with van der Waals surface area (Å²) in [6, 6.07) is 22.4. The summed E-state index contributed by atoms with van der Waals surface area (Å²) in [5.74, 6) is -2.14. The third-order valence-corrected chi connectivity index (χ3v) is 10.8. The van der Waals surface area contributed by atoms with Gasteiger partial charge in [-0.3, -0.25) is 24.0 Å². The Morgan fingerprint density at radius 1 is 0.746 bits per heavy atom. The number of carboxylic acids is 1. The van der Waals surface area contributed by atoms with Gasteiger partial charge in [0.15, 0.2) is 11.5 Å². The van der Waals surface area contributed by atoms with Crippen LogP contribution in [0.5, 0.6) is 11.5 Å². The van der Waals surface area contributed by atoms with E-state index in [-0.39, 0.29) is 46.4 Å².